The SMILES string of the molecule is COc1ccc2c(c1)c(CC(=O)NN)c(C)n2Cc1ccccn1. The van der Waals surface area contributed by atoms with Gasteiger partial charge in [-0.3, -0.25) is 15.2 Å². The molecule has 3 aromatic rings. The van der Waals surface area contributed by atoms with Crippen LogP contribution >= 0.6 is 0 Å². The van der Waals surface area contributed by atoms with Crippen LogP contribution in [0.3, 0.4) is 0 Å². The molecule has 0 spiro atoms. The summed E-state index contributed by atoms with van der Waals surface area (Å²) in [6, 6.07) is 11.7. The summed E-state index contributed by atoms with van der Waals surface area (Å²) in [4.78, 5) is 16.2. The highest BCUT2D eigenvalue weighted by Gasteiger charge is 2.17. The molecule has 0 aliphatic rings. The number of benzene rings is 1. The lowest BCUT2D eigenvalue weighted by Gasteiger charge is -2.08. The Hall–Kier alpha value is -2.86. The van der Waals surface area contributed by atoms with Crippen molar-refractivity contribution in [2.75, 3.05) is 7.11 Å². The number of amides is 1. The predicted molar refractivity (Wildman–Crippen MR) is 92.6 cm³/mol. The van der Waals surface area contributed by atoms with Crippen molar-refractivity contribution in [3.63, 3.8) is 0 Å². The molecule has 24 heavy (non-hydrogen) atoms. The van der Waals surface area contributed by atoms with E-state index in [2.05, 4.69) is 15.0 Å². The van der Waals surface area contributed by atoms with Crippen molar-refractivity contribution in [1.29, 1.82) is 0 Å². The quantitative estimate of drug-likeness (QED) is 0.427. The predicted octanol–water partition coefficient (Wildman–Crippen LogP) is 1.93. The molecule has 3 rings (SSSR count). The molecule has 0 bridgehead atoms. The summed E-state index contributed by atoms with van der Waals surface area (Å²) >= 11 is 0. The van der Waals surface area contributed by atoms with Crippen molar-refractivity contribution in [2.45, 2.75) is 19.9 Å². The van der Waals surface area contributed by atoms with Crippen LogP contribution in [-0.2, 0) is 17.8 Å². The first-order valence-electron chi connectivity index (χ1n) is 7.69. The molecule has 1 aromatic carbocycles. The van der Waals surface area contributed by atoms with Crippen molar-refractivity contribution in [3.8, 4) is 5.75 Å². The minimum atomic E-state index is -0.224. The summed E-state index contributed by atoms with van der Waals surface area (Å²) in [5.41, 5.74) is 6.17. The number of rotatable bonds is 5. The minimum Gasteiger partial charge on any atom is -0.497 e. The maximum Gasteiger partial charge on any atom is 0.238 e. The maximum atomic E-state index is 11.8. The number of aromatic nitrogens is 2. The van der Waals surface area contributed by atoms with E-state index in [-0.39, 0.29) is 12.3 Å². The van der Waals surface area contributed by atoms with E-state index in [0.717, 1.165) is 33.6 Å². The average Bonchev–Trinajstić information content (AvgIpc) is 2.87. The van der Waals surface area contributed by atoms with Crippen molar-refractivity contribution in [1.82, 2.24) is 15.0 Å². The first-order chi connectivity index (χ1) is 11.6. The van der Waals surface area contributed by atoms with Crippen LogP contribution in [0.5, 0.6) is 5.75 Å². The fraction of sp³-hybridized carbons (Fsp3) is 0.222. The van der Waals surface area contributed by atoms with E-state index in [0.29, 0.717) is 6.54 Å². The third kappa shape index (κ3) is 2.96. The number of carbonyl (C=O) groups excluding carboxylic acids is 1. The molecule has 0 atom stereocenters. The highest BCUT2D eigenvalue weighted by atomic mass is 16.5. The number of methoxy groups -OCH3 is 1. The molecular formula is C18H20N4O2. The number of hydrazine groups is 1. The number of nitrogens with two attached hydrogens (primary N) is 1. The van der Waals surface area contributed by atoms with Crippen LogP contribution in [0.25, 0.3) is 10.9 Å². The molecule has 0 saturated heterocycles. The molecule has 1 amide bonds. The minimum absolute atomic E-state index is 0.223. The number of hydrogen-bond acceptors (Lipinski definition) is 4. The summed E-state index contributed by atoms with van der Waals surface area (Å²) < 4.78 is 7.49. The van der Waals surface area contributed by atoms with Gasteiger partial charge in [0.1, 0.15) is 5.75 Å². The molecule has 0 fully saturated rings. The van der Waals surface area contributed by atoms with Gasteiger partial charge in [-0.15, -0.1) is 0 Å². The van der Waals surface area contributed by atoms with E-state index < -0.39 is 0 Å². The Labute approximate surface area is 140 Å². The summed E-state index contributed by atoms with van der Waals surface area (Å²) in [5, 5.41) is 0.992. The Balaban J connectivity index is 2.14. The Morgan fingerprint density at radius 3 is 2.83 bits per heavy atom. The number of fused-ring (bicyclic) bond motifs is 1. The molecule has 6 nitrogen and oxygen atoms in total. The van der Waals surface area contributed by atoms with Crippen LogP contribution in [0.15, 0.2) is 42.6 Å². The zero-order chi connectivity index (χ0) is 17.1. The van der Waals surface area contributed by atoms with Gasteiger partial charge in [0.2, 0.25) is 5.91 Å². The van der Waals surface area contributed by atoms with E-state index in [4.69, 9.17) is 10.6 Å². The number of carbonyl (C=O) groups is 1. The van der Waals surface area contributed by atoms with Gasteiger partial charge in [-0.25, -0.2) is 5.84 Å². The Bertz CT molecular complexity index is 872. The fourth-order valence-corrected chi connectivity index (χ4v) is 2.95. The lowest BCUT2D eigenvalue weighted by Crippen LogP contribution is -2.31. The highest BCUT2D eigenvalue weighted by molar-refractivity contribution is 5.91. The molecule has 0 aliphatic carbocycles. The van der Waals surface area contributed by atoms with Gasteiger partial charge in [0.15, 0.2) is 0 Å². The fourth-order valence-electron chi connectivity index (χ4n) is 2.95. The largest absolute Gasteiger partial charge is 0.497 e. The first-order valence-corrected chi connectivity index (χ1v) is 7.69. The normalized spacial score (nSPS) is 10.8. The van der Waals surface area contributed by atoms with Gasteiger partial charge in [-0.1, -0.05) is 6.07 Å². The van der Waals surface area contributed by atoms with E-state index in [1.54, 1.807) is 13.3 Å². The Morgan fingerprint density at radius 1 is 1.33 bits per heavy atom. The summed E-state index contributed by atoms with van der Waals surface area (Å²) in [6.45, 7) is 2.65. The molecule has 2 heterocycles. The smallest absolute Gasteiger partial charge is 0.238 e. The number of ether oxygens (including phenoxy) is 1. The van der Waals surface area contributed by atoms with Crippen LogP contribution in [0.1, 0.15) is 17.0 Å². The van der Waals surface area contributed by atoms with Crippen molar-refractivity contribution in [3.05, 3.63) is 59.5 Å². The summed E-state index contributed by atoms with van der Waals surface area (Å²) in [7, 11) is 1.63. The summed E-state index contributed by atoms with van der Waals surface area (Å²) in [6.07, 6.45) is 2.00. The van der Waals surface area contributed by atoms with Gasteiger partial charge < -0.3 is 9.30 Å². The molecule has 0 radical (unpaired) electrons. The van der Waals surface area contributed by atoms with Crippen LogP contribution < -0.4 is 16.0 Å². The monoisotopic (exact) mass is 324 g/mol. The standard InChI is InChI=1S/C18H20N4O2/c1-12-15(10-18(23)21-19)16-9-14(24-2)6-7-17(16)22(12)11-13-5-3-4-8-20-13/h3-9H,10-11,19H2,1-2H3,(H,21,23). The number of hydrogen-bond donors (Lipinski definition) is 2. The van der Waals surface area contributed by atoms with Gasteiger partial charge in [0.05, 0.1) is 25.8 Å². The molecule has 0 saturated carbocycles. The second kappa shape index (κ2) is 6.72. The number of nitrogens with one attached hydrogen (secondary N) is 1. The third-order valence-electron chi connectivity index (χ3n) is 4.21. The van der Waals surface area contributed by atoms with Crippen LogP contribution in [0, 0.1) is 6.92 Å². The molecule has 0 aliphatic heterocycles. The zero-order valence-electron chi connectivity index (χ0n) is 13.7. The summed E-state index contributed by atoms with van der Waals surface area (Å²) in [5.74, 6) is 5.79. The molecule has 2 aromatic heterocycles. The van der Waals surface area contributed by atoms with Crippen LogP contribution in [-0.4, -0.2) is 22.6 Å². The molecule has 6 heteroatoms. The third-order valence-corrected chi connectivity index (χ3v) is 4.21. The van der Waals surface area contributed by atoms with Crippen molar-refractivity contribution >= 4 is 16.8 Å². The van der Waals surface area contributed by atoms with Gasteiger partial charge in [0.25, 0.3) is 0 Å². The Morgan fingerprint density at radius 2 is 2.17 bits per heavy atom. The van der Waals surface area contributed by atoms with E-state index in [1.807, 2.05) is 43.3 Å². The van der Waals surface area contributed by atoms with Gasteiger partial charge in [-0.2, -0.15) is 0 Å². The van der Waals surface area contributed by atoms with E-state index in [1.165, 1.54) is 0 Å². The van der Waals surface area contributed by atoms with E-state index >= 15 is 0 Å². The molecule has 3 N–H and O–H groups in total. The zero-order valence-corrected chi connectivity index (χ0v) is 13.7. The van der Waals surface area contributed by atoms with Gasteiger partial charge in [0, 0.05) is 22.8 Å². The van der Waals surface area contributed by atoms with Crippen LogP contribution in [0.2, 0.25) is 0 Å². The number of pyridine rings is 1. The second-order valence-corrected chi connectivity index (χ2v) is 5.60. The molecule has 0 unspecified atom stereocenters. The van der Waals surface area contributed by atoms with Crippen molar-refractivity contribution in [2.24, 2.45) is 5.84 Å². The maximum absolute atomic E-state index is 11.8. The Kier molecular flexibility index (Phi) is 4.48. The van der Waals surface area contributed by atoms with E-state index in [9.17, 15) is 4.79 Å². The molecular weight excluding hydrogens is 304 g/mol. The van der Waals surface area contributed by atoms with Crippen LogP contribution in [0.4, 0.5) is 0 Å². The highest BCUT2D eigenvalue weighted by Crippen LogP contribution is 2.30. The second-order valence-electron chi connectivity index (χ2n) is 5.60. The average molecular weight is 324 g/mol. The van der Waals surface area contributed by atoms with Crippen molar-refractivity contribution < 1.29 is 9.53 Å². The topological polar surface area (TPSA) is 82.2 Å². The number of nitrogens with zero attached hydrogens (tertiary/aromatic N) is 2. The lowest BCUT2D eigenvalue weighted by molar-refractivity contribution is -0.120. The van der Waals surface area contributed by atoms with Gasteiger partial charge in [-0.05, 0) is 42.8 Å². The molecule has 124 valence electrons. The van der Waals surface area contributed by atoms with Gasteiger partial charge >= 0.3 is 0 Å². The first kappa shape index (κ1) is 16.0. The lowest BCUT2D eigenvalue weighted by atomic mass is 10.1.